The van der Waals surface area contributed by atoms with Gasteiger partial charge in [0.15, 0.2) is 0 Å². The molecular weight excluding hydrogens is 258 g/mol. The zero-order valence-electron chi connectivity index (χ0n) is 14.8. The van der Waals surface area contributed by atoms with Crippen molar-refractivity contribution in [1.82, 2.24) is 4.90 Å². The van der Waals surface area contributed by atoms with Crippen molar-refractivity contribution in [1.29, 1.82) is 0 Å². The maximum Gasteiger partial charge on any atom is 0.0499 e. The van der Waals surface area contributed by atoms with E-state index < -0.39 is 0 Å². The Morgan fingerprint density at radius 1 is 1.10 bits per heavy atom. The summed E-state index contributed by atoms with van der Waals surface area (Å²) in [5.41, 5.74) is 0.642. The van der Waals surface area contributed by atoms with Gasteiger partial charge in [0.05, 0.1) is 0 Å². The zero-order valence-corrected chi connectivity index (χ0v) is 14.8. The lowest BCUT2D eigenvalue weighted by Gasteiger charge is -2.42. The second kappa shape index (κ2) is 7.00. The van der Waals surface area contributed by atoms with Gasteiger partial charge in [0.1, 0.15) is 0 Å². The van der Waals surface area contributed by atoms with E-state index in [1.54, 1.807) is 0 Å². The SMILES string of the molecule is CC1CCCC(CO)(CN2CCCC(C(C)(C)C)CC2)C1. The van der Waals surface area contributed by atoms with Crippen molar-refractivity contribution in [2.75, 3.05) is 26.2 Å². The molecule has 2 fully saturated rings. The molecule has 1 N–H and O–H groups in total. The summed E-state index contributed by atoms with van der Waals surface area (Å²) in [4.78, 5) is 2.67. The third-order valence-corrected chi connectivity index (χ3v) is 6.13. The first kappa shape index (κ1) is 17.3. The Balaban J connectivity index is 1.93. The van der Waals surface area contributed by atoms with Crippen molar-refractivity contribution in [2.24, 2.45) is 22.7 Å². The van der Waals surface area contributed by atoms with E-state index in [1.165, 1.54) is 58.0 Å². The van der Waals surface area contributed by atoms with Gasteiger partial charge in [-0.3, -0.25) is 0 Å². The maximum absolute atomic E-state index is 10.0. The molecule has 124 valence electrons. The van der Waals surface area contributed by atoms with Crippen LogP contribution in [-0.2, 0) is 0 Å². The van der Waals surface area contributed by atoms with E-state index in [4.69, 9.17) is 0 Å². The van der Waals surface area contributed by atoms with Crippen LogP contribution in [0, 0.1) is 22.7 Å². The molecule has 0 spiro atoms. The molecule has 0 aromatic rings. The summed E-state index contributed by atoms with van der Waals surface area (Å²) < 4.78 is 0. The van der Waals surface area contributed by atoms with Gasteiger partial charge in [0, 0.05) is 18.6 Å². The largest absolute Gasteiger partial charge is 0.396 e. The van der Waals surface area contributed by atoms with Gasteiger partial charge in [-0.1, -0.05) is 40.5 Å². The summed E-state index contributed by atoms with van der Waals surface area (Å²) in [7, 11) is 0. The second-order valence-electron chi connectivity index (χ2n) is 9.13. The Labute approximate surface area is 132 Å². The molecule has 1 heterocycles. The monoisotopic (exact) mass is 295 g/mol. The Bertz CT molecular complexity index is 322. The summed E-state index contributed by atoms with van der Waals surface area (Å²) in [6.07, 6.45) is 9.16. The molecule has 1 aliphatic heterocycles. The van der Waals surface area contributed by atoms with E-state index in [2.05, 4.69) is 32.6 Å². The zero-order chi connectivity index (χ0) is 15.5. The Kier molecular flexibility index (Phi) is 5.76. The highest BCUT2D eigenvalue weighted by atomic mass is 16.3. The number of rotatable bonds is 3. The molecule has 2 nitrogen and oxygen atoms in total. The van der Waals surface area contributed by atoms with Crippen molar-refractivity contribution >= 4 is 0 Å². The highest BCUT2D eigenvalue weighted by Gasteiger charge is 2.37. The lowest BCUT2D eigenvalue weighted by atomic mass is 9.70. The predicted octanol–water partition coefficient (Wildman–Crippen LogP) is 4.32. The number of hydrogen-bond donors (Lipinski definition) is 1. The van der Waals surface area contributed by atoms with Gasteiger partial charge in [-0.25, -0.2) is 0 Å². The highest BCUT2D eigenvalue weighted by molar-refractivity contribution is 4.89. The molecule has 0 amide bonds. The van der Waals surface area contributed by atoms with Gasteiger partial charge < -0.3 is 10.0 Å². The Hall–Kier alpha value is -0.0800. The standard InChI is InChI=1S/C19H37NO/c1-16-7-5-10-19(13-16,15-21)14-20-11-6-8-17(9-12-20)18(2,3)4/h16-17,21H,5-15H2,1-4H3. The molecule has 3 atom stereocenters. The molecule has 3 unspecified atom stereocenters. The summed E-state index contributed by atoms with van der Waals surface area (Å²) in [5.74, 6) is 1.65. The van der Waals surface area contributed by atoms with Gasteiger partial charge in [0.2, 0.25) is 0 Å². The summed E-state index contributed by atoms with van der Waals surface area (Å²) in [6.45, 7) is 13.5. The molecule has 21 heavy (non-hydrogen) atoms. The fourth-order valence-corrected chi connectivity index (χ4v) is 4.76. The Morgan fingerprint density at radius 3 is 2.48 bits per heavy atom. The minimum absolute atomic E-state index is 0.194. The highest BCUT2D eigenvalue weighted by Crippen LogP contribution is 2.41. The third-order valence-electron chi connectivity index (χ3n) is 6.13. The van der Waals surface area contributed by atoms with E-state index in [0.717, 1.165) is 18.4 Å². The van der Waals surface area contributed by atoms with Crippen LogP contribution < -0.4 is 0 Å². The van der Waals surface area contributed by atoms with E-state index >= 15 is 0 Å². The number of nitrogens with zero attached hydrogens (tertiary/aromatic N) is 1. The average Bonchev–Trinajstić information content (AvgIpc) is 2.64. The summed E-state index contributed by atoms with van der Waals surface area (Å²) in [5, 5.41) is 10.0. The summed E-state index contributed by atoms with van der Waals surface area (Å²) in [6, 6.07) is 0. The van der Waals surface area contributed by atoms with Crippen LogP contribution in [-0.4, -0.2) is 36.2 Å². The number of hydrogen-bond acceptors (Lipinski definition) is 2. The molecule has 0 aromatic heterocycles. The Morgan fingerprint density at radius 2 is 1.86 bits per heavy atom. The number of aliphatic hydroxyl groups is 1. The van der Waals surface area contributed by atoms with Gasteiger partial charge in [-0.05, 0) is 62.4 Å². The van der Waals surface area contributed by atoms with Gasteiger partial charge in [-0.15, -0.1) is 0 Å². The number of aliphatic hydroxyl groups excluding tert-OH is 1. The molecular formula is C19H37NO. The van der Waals surface area contributed by atoms with Gasteiger partial charge in [-0.2, -0.15) is 0 Å². The van der Waals surface area contributed by atoms with Crippen molar-refractivity contribution in [3.05, 3.63) is 0 Å². The molecule has 0 radical (unpaired) electrons. The molecule has 2 rings (SSSR count). The quantitative estimate of drug-likeness (QED) is 0.838. The van der Waals surface area contributed by atoms with Crippen molar-refractivity contribution < 1.29 is 5.11 Å². The molecule has 1 saturated heterocycles. The third kappa shape index (κ3) is 4.69. The van der Waals surface area contributed by atoms with Crippen LogP contribution in [0.5, 0.6) is 0 Å². The fraction of sp³-hybridized carbons (Fsp3) is 1.00. The first-order valence-electron chi connectivity index (χ1n) is 9.18. The normalized spacial score (nSPS) is 36.4. The van der Waals surface area contributed by atoms with Crippen LogP contribution in [0.3, 0.4) is 0 Å². The van der Waals surface area contributed by atoms with Crippen LogP contribution in [0.25, 0.3) is 0 Å². The van der Waals surface area contributed by atoms with Crippen LogP contribution >= 0.6 is 0 Å². The molecule has 2 heteroatoms. The smallest absolute Gasteiger partial charge is 0.0499 e. The lowest BCUT2D eigenvalue weighted by molar-refractivity contribution is 0.0241. The van der Waals surface area contributed by atoms with E-state index in [9.17, 15) is 5.11 Å². The topological polar surface area (TPSA) is 23.5 Å². The predicted molar refractivity (Wildman–Crippen MR) is 90.4 cm³/mol. The molecule has 2 aliphatic rings. The number of likely N-dealkylation sites (tertiary alicyclic amines) is 1. The molecule has 0 aromatic carbocycles. The van der Waals surface area contributed by atoms with Crippen molar-refractivity contribution in [3.8, 4) is 0 Å². The average molecular weight is 296 g/mol. The van der Waals surface area contributed by atoms with Gasteiger partial charge >= 0.3 is 0 Å². The lowest BCUT2D eigenvalue weighted by Crippen LogP contribution is -2.43. The van der Waals surface area contributed by atoms with Crippen molar-refractivity contribution in [2.45, 2.75) is 72.6 Å². The van der Waals surface area contributed by atoms with E-state index in [0.29, 0.717) is 12.0 Å². The van der Waals surface area contributed by atoms with E-state index in [-0.39, 0.29) is 5.41 Å². The van der Waals surface area contributed by atoms with E-state index in [1.807, 2.05) is 0 Å². The van der Waals surface area contributed by atoms with Crippen molar-refractivity contribution in [3.63, 3.8) is 0 Å². The van der Waals surface area contributed by atoms with Crippen LogP contribution in [0.2, 0.25) is 0 Å². The first-order valence-corrected chi connectivity index (χ1v) is 9.18. The second-order valence-corrected chi connectivity index (χ2v) is 9.13. The molecule has 1 aliphatic carbocycles. The molecule has 0 bridgehead atoms. The van der Waals surface area contributed by atoms with Crippen LogP contribution in [0.4, 0.5) is 0 Å². The maximum atomic E-state index is 10.0. The van der Waals surface area contributed by atoms with Crippen LogP contribution in [0.15, 0.2) is 0 Å². The minimum Gasteiger partial charge on any atom is -0.396 e. The van der Waals surface area contributed by atoms with Gasteiger partial charge in [0.25, 0.3) is 0 Å². The molecule has 1 saturated carbocycles. The first-order chi connectivity index (χ1) is 9.85. The minimum atomic E-state index is 0.194. The van der Waals surface area contributed by atoms with Crippen LogP contribution in [0.1, 0.15) is 72.6 Å². The fourth-order valence-electron chi connectivity index (χ4n) is 4.76. The summed E-state index contributed by atoms with van der Waals surface area (Å²) >= 11 is 0.